The SMILES string of the molecule is CO[C@H]1CCO[C@@]2(CCN(CCO)C2)C1. The minimum absolute atomic E-state index is 0.00803. The van der Waals surface area contributed by atoms with E-state index in [0.29, 0.717) is 6.10 Å². The van der Waals surface area contributed by atoms with Crippen molar-refractivity contribution in [3.63, 3.8) is 0 Å². The van der Waals surface area contributed by atoms with Gasteiger partial charge in [-0.1, -0.05) is 0 Å². The average Bonchev–Trinajstić information content (AvgIpc) is 2.62. The lowest BCUT2D eigenvalue weighted by molar-refractivity contribution is -0.119. The molecule has 1 N–H and O–H groups in total. The lowest BCUT2D eigenvalue weighted by atomic mass is 9.91. The van der Waals surface area contributed by atoms with E-state index in [-0.39, 0.29) is 12.2 Å². The molecule has 2 saturated heterocycles. The van der Waals surface area contributed by atoms with Gasteiger partial charge in [-0.25, -0.2) is 0 Å². The Labute approximate surface area is 91.2 Å². The van der Waals surface area contributed by atoms with Gasteiger partial charge in [0.15, 0.2) is 0 Å². The second-order valence-electron chi connectivity index (χ2n) is 4.63. The van der Waals surface area contributed by atoms with E-state index < -0.39 is 0 Å². The van der Waals surface area contributed by atoms with Crippen molar-refractivity contribution in [2.45, 2.75) is 31.0 Å². The summed E-state index contributed by atoms with van der Waals surface area (Å²) in [4.78, 5) is 2.28. The third kappa shape index (κ3) is 2.50. The Morgan fingerprint density at radius 1 is 1.60 bits per heavy atom. The van der Waals surface area contributed by atoms with Crippen molar-refractivity contribution in [1.29, 1.82) is 0 Å². The van der Waals surface area contributed by atoms with Crippen LogP contribution >= 0.6 is 0 Å². The Hall–Kier alpha value is -0.160. The summed E-state index contributed by atoms with van der Waals surface area (Å²) in [6.45, 7) is 3.81. The van der Waals surface area contributed by atoms with Crippen LogP contribution in [0, 0.1) is 0 Å². The average molecular weight is 215 g/mol. The molecule has 0 radical (unpaired) electrons. The molecule has 2 fully saturated rings. The van der Waals surface area contributed by atoms with Crippen LogP contribution in [0.25, 0.3) is 0 Å². The number of likely N-dealkylation sites (tertiary alicyclic amines) is 1. The minimum Gasteiger partial charge on any atom is -0.395 e. The first kappa shape index (κ1) is 11.3. The van der Waals surface area contributed by atoms with Crippen molar-refractivity contribution in [2.24, 2.45) is 0 Å². The highest BCUT2D eigenvalue weighted by atomic mass is 16.5. The summed E-state index contributed by atoms with van der Waals surface area (Å²) in [5.74, 6) is 0. The molecule has 2 aliphatic heterocycles. The molecule has 4 nitrogen and oxygen atoms in total. The van der Waals surface area contributed by atoms with Gasteiger partial charge in [0.2, 0.25) is 0 Å². The van der Waals surface area contributed by atoms with E-state index in [1.807, 2.05) is 0 Å². The van der Waals surface area contributed by atoms with Crippen LogP contribution in [-0.4, -0.2) is 61.7 Å². The molecule has 2 rings (SSSR count). The summed E-state index contributed by atoms with van der Waals surface area (Å²) in [5.41, 5.74) is 0.00803. The van der Waals surface area contributed by atoms with Gasteiger partial charge in [-0.3, -0.25) is 4.90 Å². The minimum atomic E-state index is 0.00803. The molecule has 1 spiro atoms. The fourth-order valence-corrected chi connectivity index (χ4v) is 2.73. The van der Waals surface area contributed by atoms with Crippen molar-refractivity contribution in [3.05, 3.63) is 0 Å². The van der Waals surface area contributed by atoms with E-state index in [4.69, 9.17) is 14.6 Å². The molecule has 2 atom stereocenters. The highest BCUT2D eigenvalue weighted by Crippen LogP contribution is 2.34. The summed E-state index contributed by atoms with van der Waals surface area (Å²) in [7, 11) is 1.78. The molecule has 2 heterocycles. The summed E-state index contributed by atoms with van der Waals surface area (Å²) < 4.78 is 11.4. The summed E-state index contributed by atoms with van der Waals surface area (Å²) >= 11 is 0. The molecule has 2 aliphatic rings. The zero-order valence-electron chi connectivity index (χ0n) is 9.45. The number of methoxy groups -OCH3 is 1. The second kappa shape index (κ2) is 4.78. The number of rotatable bonds is 3. The molecular formula is C11H21NO3. The van der Waals surface area contributed by atoms with E-state index in [9.17, 15) is 0 Å². The van der Waals surface area contributed by atoms with Crippen molar-refractivity contribution >= 4 is 0 Å². The van der Waals surface area contributed by atoms with E-state index in [0.717, 1.165) is 45.5 Å². The van der Waals surface area contributed by atoms with Gasteiger partial charge < -0.3 is 14.6 Å². The second-order valence-corrected chi connectivity index (χ2v) is 4.63. The molecule has 0 saturated carbocycles. The quantitative estimate of drug-likeness (QED) is 0.732. The third-order valence-corrected chi connectivity index (χ3v) is 3.59. The van der Waals surface area contributed by atoms with Gasteiger partial charge >= 0.3 is 0 Å². The van der Waals surface area contributed by atoms with Crippen LogP contribution in [0.4, 0.5) is 0 Å². The van der Waals surface area contributed by atoms with Crippen LogP contribution in [0.15, 0.2) is 0 Å². The molecule has 15 heavy (non-hydrogen) atoms. The Morgan fingerprint density at radius 2 is 2.47 bits per heavy atom. The number of β-amino-alcohol motifs (C(OH)–C–C–N with tert-alkyl or cyclic N) is 1. The zero-order valence-corrected chi connectivity index (χ0v) is 9.45. The molecule has 0 aromatic carbocycles. The Bertz CT molecular complexity index is 212. The molecule has 0 unspecified atom stereocenters. The number of aliphatic hydroxyl groups excluding tert-OH is 1. The van der Waals surface area contributed by atoms with Crippen LogP contribution in [0.2, 0.25) is 0 Å². The van der Waals surface area contributed by atoms with E-state index in [1.54, 1.807) is 7.11 Å². The van der Waals surface area contributed by atoms with Crippen LogP contribution in [0.5, 0.6) is 0 Å². The van der Waals surface area contributed by atoms with Crippen molar-refractivity contribution in [1.82, 2.24) is 4.90 Å². The molecule has 0 aromatic rings. The van der Waals surface area contributed by atoms with Gasteiger partial charge in [0, 0.05) is 39.8 Å². The molecule has 0 amide bonds. The van der Waals surface area contributed by atoms with Crippen molar-refractivity contribution < 1.29 is 14.6 Å². The number of hydrogen-bond acceptors (Lipinski definition) is 4. The van der Waals surface area contributed by atoms with Gasteiger partial charge in [-0.2, -0.15) is 0 Å². The molecule has 88 valence electrons. The topological polar surface area (TPSA) is 41.9 Å². The van der Waals surface area contributed by atoms with Crippen LogP contribution in [-0.2, 0) is 9.47 Å². The van der Waals surface area contributed by atoms with Crippen LogP contribution < -0.4 is 0 Å². The number of ether oxygens (including phenoxy) is 2. The first-order valence-electron chi connectivity index (χ1n) is 5.78. The van der Waals surface area contributed by atoms with Gasteiger partial charge in [-0.15, -0.1) is 0 Å². The van der Waals surface area contributed by atoms with E-state index in [1.165, 1.54) is 0 Å². The number of aliphatic hydroxyl groups is 1. The molecule has 0 bridgehead atoms. The fraction of sp³-hybridized carbons (Fsp3) is 1.00. The highest BCUT2D eigenvalue weighted by molar-refractivity contribution is 4.95. The van der Waals surface area contributed by atoms with Gasteiger partial charge in [-0.05, 0) is 12.8 Å². The zero-order chi connectivity index (χ0) is 10.7. The smallest absolute Gasteiger partial charge is 0.0845 e. The predicted molar refractivity (Wildman–Crippen MR) is 56.9 cm³/mol. The van der Waals surface area contributed by atoms with Crippen LogP contribution in [0.1, 0.15) is 19.3 Å². The van der Waals surface area contributed by atoms with Gasteiger partial charge in [0.25, 0.3) is 0 Å². The van der Waals surface area contributed by atoms with Gasteiger partial charge in [0.05, 0.1) is 18.3 Å². The number of hydrogen-bond donors (Lipinski definition) is 1. The maximum absolute atomic E-state index is 8.90. The first-order valence-corrected chi connectivity index (χ1v) is 5.78. The summed E-state index contributed by atoms with van der Waals surface area (Å²) in [5, 5.41) is 8.90. The normalized spacial score (nSPS) is 37.6. The largest absolute Gasteiger partial charge is 0.395 e. The third-order valence-electron chi connectivity index (χ3n) is 3.59. The summed E-state index contributed by atoms with van der Waals surface area (Å²) in [6.07, 6.45) is 3.45. The first-order chi connectivity index (χ1) is 7.28. The monoisotopic (exact) mass is 215 g/mol. The predicted octanol–water partition coefficient (Wildman–Crippen LogP) is 0.249. The maximum atomic E-state index is 8.90. The molecule has 0 aromatic heterocycles. The van der Waals surface area contributed by atoms with Crippen molar-refractivity contribution in [2.75, 3.05) is 40.0 Å². The maximum Gasteiger partial charge on any atom is 0.0845 e. The molecule has 4 heteroatoms. The highest BCUT2D eigenvalue weighted by Gasteiger charge is 2.42. The molecular weight excluding hydrogens is 194 g/mol. The Morgan fingerprint density at radius 3 is 3.20 bits per heavy atom. The Balaban J connectivity index is 1.90. The fourth-order valence-electron chi connectivity index (χ4n) is 2.73. The van der Waals surface area contributed by atoms with E-state index >= 15 is 0 Å². The Kier molecular flexibility index (Phi) is 3.61. The lowest BCUT2D eigenvalue weighted by Gasteiger charge is -2.37. The van der Waals surface area contributed by atoms with Gasteiger partial charge in [0.1, 0.15) is 0 Å². The van der Waals surface area contributed by atoms with E-state index in [2.05, 4.69) is 4.90 Å². The lowest BCUT2D eigenvalue weighted by Crippen LogP contribution is -2.44. The van der Waals surface area contributed by atoms with Crippen molar-refractivity contribution in [3.8, 4) is 0 Å². The molecule has 0 aliphatic carbocycles. The van der Waals surface area contributed by atoms with Crippen LogP contribution in [0.3, 0.4) is 0 Å². The summed E-state index contributed by atoms with van der Waals surface area (Å²) in [6, 6.07) is 0. The standard InChI is InChI=1S/C11H21NO3/c1-14-10-2-7-15-11(8-10)3-4-12(9-11)5-6-13/h10,13H,2-9H2,1H3/t10-,11-/m0/s1. The number of nitrogens with zero attached hydrogens (tertiary/aromatic N) is 1.